The first-order valence-corrected chi connectivity index (χ1v) is 7.67. The maximum absolute atomic E-state index is 12.6. The predicted molar refractivity (Wildman–Crippen MR) is 76.4 cm³/mol. The monoisotopic (exact) mass is 282 g/mol. The second-order valence-electron chi connectivity index (χ2n) is 6.72. The molecule has 2 amide bonds. The second-order valence-corrected chi connectivity index (χ2v) is 6.72. The van der Waals surface area contributed by atoms with E-state index in [1.165, 1.54) is 6.42 Å². The van der Waals surface area contributed by atoms with Crippen LogP contribution in [-0.4, -0.2) is 53.1 Å². The number of carbonyl (C=O) groups excluding carboxylic acids is 2. The van der Waals surface area contributed by atoms with Crippen LogP contribution in [0, 0.1) is 0 Å². The fourth-order valence-corrected chi connectivity index (χ4v) is 2.89. The van der Waals surface area contributed by atoms with E-state index in [0.717, 1.165) is 38.8 Å². The summed E-state index contributed by atoms with van der Waals surface area (Å²) in [4.78, 5) is 28.3. The molecule has 0 radical (unpaired) electrons. The van der Waals surface area contributed by atoms with Crippen molar-refractivity contribution < 1.29 is 14.3 Å². The molecular formula is C15H26N2O3. The molecule has 0 aliphatic carbocycles. The van der Waals surface area contributed by atoms with Crippen LogP contribution in [0.4, 0.5) is 4.79 Å². The normalized spacial score (nSPS) is 23.9. The highest BCUT2D eigenvalue weighted by atomic mass is 16.6. The lowest BCUT2D eigenvalue weighted by Gasteiger charge is -2.33. The molecule has 5 heteroatoms. The summed E-state index contributed by atoms with van der Waals surface area (Å²) in [5.41, 5.74) is -0.515. The number of likely N-dealkylation sites (tertiary alicyclic amines) is 2. The Bertz CT molecular complexity index is 370. The molecule has 1 atom stereocenters. The van der Waals surface area contributed by atoms with Gasteiger partial charge in [0, 0.05) is 19.6 Å². The van der Waals surface area contributed by atoms with E-state index in [1.54, 1.807) is 4.90 Å². The molecule has 0 aromatic heterocycles. The van der Waals surface area contributed by atoms with E-state index in [2.05, 4.69) is 0 Å². The highest BCUT2D eigenvalue weighted by Crippen LogP contribution is 2.23. The summed E-state index contributed by atoms with van der Waals surface area (Å²) < 4.78 is 5.41. The number of rotatable bonds is 1. The van der Waals surface area contributed by atoms with Crippen LogP contribution in [0.25, 0.3) is 0 Å². The van der Waals surface area contributed by atoms with Crippen LogP contribution >= 0.6 is 0 Å². The summed E-state index contributed by atoms with van der Waals surface area (Å²) >= 11 is 0. The van der Waals surface area contributed by atoms with Crippen LogP contribution in [0.3, 0.4) is 0 Å². The summed E-state index contributed by atoms with van der Waals surface area (Å²) in [5, 5.41) is 0. The Hall–Kier alpha value is -1.26. The lowest BCUT2D eigenvalue weighted by Crippen LogP contribution is -2.50. The van der Waals surface area contributed by atoms with Crippen molar-refractivity contribution in [2.45, 2.75) is 64.5 Å². The van der Waals surface area contributed by atoms with Crippen molar-refractivity contribution >= 4 is 12.0 Å². The first-order valence-electron chi connectivity index (χ1n) is 7.67. The zero-order valence-corrected chi connectivity index (χ0v) is 12.9. The summed E-state index contributed by atoms with van der Waals surface area (Å²) in [7, 11) is 0. The van der Waals surface area contributed by atoms with Gasteiger partial charge in [0.2, 0.25) is 5.91 Å². The number of nitrogens with zero attached hydrogens (tertiary/aromatic N) is 2. The number of ether oxygens (including phenoxy) is 1. The van der Waals surface area contributed by atoms with Gasteiger partial charge in [-0.15, -0.1) is 0 Å². The molecule has 2 aliphatic heterocycles. The predicted octanol–water partition coefficient (Wildman–Crippen LogP) is 2.40. The Morgan fingerprint density at radius 2 is 1.65 bits per heavy atom. The minimum atomic E-state index is -0.515. The molecule has 0 aromatic carbocycles. The average molecular weight is 282 g/mol. The average Bonchev–Trinajstić information content (AvgIpc) is 2.86. The molecule has 5 nitrogen and oxygen atoms in total. The highest BCUT2D eigenvalue weighted by molar-refractivity contribution is 5.86. The van der Waals surface area contributed by atoms with Crippen molar-refractivity contribution in [3.05, 3.63) is 0 Å². The number of hydrogen-bond donors (Lipinski definition) is 0. The van der Waals surface area contributed by atoms with E-state index in [1.807, 2.05) is 25.7 Å². The Morgan fingerprint density at radius 3 is 2.25 bits per heavy atom. The van der Waals surface area contributed by atoms with Crippen molar-refractivity contribution in [3.63, 3.8) is 0 Å². The van der Waals surface area contributed by atoms with E-state index < -0.39 is 5.60 Å². The summed E-state index contributed by atoms with van der Waals surface area (Å²) in [6, 6.07) is -0.317. The smallest absolute Gasteiger partial charge is 0.410 e. The first-order chi connectivity index (χ1) is 9.38. The standard InChI is InChI=1S/C15H26N2O3/c1-15(2,3)20-14(19)17-11-7-8-12(17)13(18)16-9-5-4-6-10-16/h12H,4-11H2,1-3H3/t12-/m0/s1. The van der Waals surface area contributed by atoms with Crippen LogP contribution in [0.1, 0.15) is 52.9 Å². The number of piperidine rings is 1. The van der Waals surface area contributed by atoms with Gasteiger partial charge in [-0.05, 0) is 52.9 Å². The fraction of sp³-hybridized carbons (Fsp3) is 0.867. The third-order valence-electron chi connectivity index (χ3n) is 3.83. The van der Waals surface area contributed by atoms with Gasteiger partial charge < -0.3 is 9.64 Å². The van der Waals surface area contributed by atoms with Gasteiger partial charge in [-0.3, -0.25) is 9.69 Å². The van der Waals surface area contributed by atoms with Gasteiger partial charge in [-0.25, -0.2) is 4.79 Å². The summed E-state index contributed by atoms with van der Waals surface area (Å²) in [6.07, 6.45) is 4.63. The van der Waals surface area contributed by atoms with Crippen molar-refractivity contribution in [1.29, 1.82) is 0 Å². The van der Waals surface area contributed by atoms with Gasteiger partial charge in [-0.2, -0.15) is 0 Å². The van der Waals surface area contributed by atoms with Crippen LogP contribution < -0.4 is 0 Å². The molecule has 2 saturated heterocycles. The summed E-state index contributed by atoms with van der Waals surface area (Å²) in [5.74, 6) is 0.105. The molecular weight excluding hydrogens is 256 g/mol. The van der Waals surface area contributed by atoms with Crippen molar-refractivity contribution in [2.24, 2.45) is 0 Å². The SMILES string of the molecule is CC(C)(C)OC(=O)N1CCC[C@H]1C(=O)N1CCCCC1. The molecule has 2 fully saturated rings. The topological polar surface area (TPSA) is 49.9 Å². The minimum absolute atomic E-state index is 0.105. The molecule has 2 aliphatic rings. The Balaban J connectivity index is 1.99. The molecule has 2 rings (SSSR count). The highest BCUT2D eigenvalue weighted by Gasteiger charge is 2.38. The third kappa shape index (κ3) is 3.64. The quantitative estimate of drug-likeness (QED) is 0.742. The molecule has 2 heterocycles. The molecule has 114 valence electrons. The van der Waals surface area contributed by atoms with Gasteiger partial charge in [0.1, 0.15) is 11.6 Å². The van der Waals surface area contributed by atoms with E-state index in [0.29, 0.717) is 6.54 Å². The fourth-order valence-electron chi connectivity index (χ4n) is 2.89. The lowest BCUT2D eigenvalue weighted by molar-refractivity contribution is -0.136. The first kappa shape index (κ1) is 15.1. The molecule has 0 saturated carbocycles. The van der Waals surface area contributed by atoms with Gasteiger partial charge >= 0.3 is 6.09 Å². The largest absolute Gasteiger partial charge is 0.444 e. The van der Waals surface area contributed by atoms with Crippen molar-refractivity contribution in [1.82, 2.24) is 9.80 Å². The van der Waals surface area contributed by atoms with Crippen LogP contribution in [0.2, 0.25) is 0 Å². The molecule has 0 unspecified atom stereocenters. The number of amides is 2. The number of hydrogen-bond acceptors (Lipinski definition) is 3. The van der Waals surface area contributed by atoms with Gasteiger partial charge in [0.05, 0.1) is 0 Å². The number of carbonyl (C=O) groups is 2. The van der Waals surface area contributed by atoms with Gasteiger partial charge in [-0.1, -0.05) is 0 Å². The summed E-state index contributed by atoms with van der Waals surface area (Å²) in [6.45, 7) is 7.83. The minimum Gasteiger partial charge on any atom is -0.444 e. The molecule has 0 N–H and O–H groups in total. The van der Waals surface area contributed by atoms with Crippen LogP contribution in [0.5, 0.6) is 0 Å². The van der Waals surface area contributed by atoms with Crippen molar-refractivity contribution in [3.8, 4) is 0 Å². The van der Waals surface area contributed by atoms with E-state index in [-0.39, 0.29) is 18.0 Å². The Kier molecular flexibility index (Phi) is 4.55. The zero-order chi connectivity index (χ0) is 14.8. The molecule has 0 bridgehead atoms. The molecule has 0 spiro atoms. The van der Waals surface area contributed by atoms with E-state index in [9.17, 15) is 9.59 Å². The molecule has 0 aromatic rings. The third-order valence-corrected chi connectivity index (χ3v) is 3.83. The maximum atomic E-state index is 12.6. The Labute approximate surface area is 121 Å². The van der Waals surface area contributed by atoms with Gasteiger partial charge in [0.25, 0.3) is 0 Å². The van der Waals surface area contributed by atoms with E-state index >= 15 is 0 Å². The van der Waals surface area contributed by atoms with Gasteiger partial charge in [0.15, 0.2) is 0 Å². The Morgan fingerprint density at radius 1 is 1.00 bits per heavy atom. The molecule has 20 heavy (non-hydrogen) atoms. The lowest BCUT2D eigenvalue weighted by atomic mass is 10.1. The van der Waals surface area contributed by atoms with Crippen molar-refractivity contribution in [2.75, 3.05) is 19.6 Å². The maximum Gasteiger partial charge on any atom is 0.410 e. The van der Waals surface area contributed by atoms with Crippen LogP contribution in [-0.2, 0) is 9.53 Å². The van der Waals surface area contributed by atoms with Crippen LogP contribution in [0.15, 0.2) is 0 Å². The van der Waals surface area contributed by atoms with E-state index in [4.69, 9.17) is 4.74 Å². The second kappa shape index (κ2) is 6.02. The zero-order valence-electron chi connectivity index (χ0n) is 12.9.